The monoisotopic (exact) mass is 173 g/mol. The standard InChI is InChI=1S/C8H13O4/c1-5(2)4-6(3)12-8(11)7(9)10/h6H,4H2,1-3H3,(H,9,10). The third-order valence-electron chi connectivity index (χ3n) is 1.18. The molecule has 0 saturated carbocycles. The molecule has 0 aliphatic carbocycles. The topological polar surface area (TPSA) is 63.6 Å². The van der Waals surface area contributed by atoms with Crippen molar-refractivity contribution in [1.82, 2.24) is 0 Å². The minimum absolute atomic E-state index is 0.362. The first-order valence-corrected chi connectivity index (χ1v) is 3.66. The highest BCUT2D eigenvalue weighted by Crippen LogP contribution is 2.09. The molecule has 0 bridgehead atoms. The molecule has 1 radical (unpaired) electrons. The Hall–Kier alpha value is -1.06. The SMILES string of the molecule is C[C](C)CC(C)OC(=O)C(=O)O. The Balaban J connectivity index is 3.76. The molecule has 0 aromatic rings. The fourth-order valence-electron chi connectivity index (χ4n) is 0.850. The summed E-state index contributed by atoms with van der Waals surface area (Å²) in [6.07, 6.45) is 0.234. The quantitative estimate of drug-likeness (QED) is 0.511. The lowest BCUT2D eigenvalue weighted by Gasteiger charge is -2.12. The van der Waals surface area contributed by atoms with Gasteiger partial charge in [0.25, 0.3) is 0 Å². The molecule has 1 N–H and O–H groups in total. The summed E-state index contributed by atoms with van der Waals surface area (Å²) in [5.74, 6) is -1.64. The Morgan fingerprint density at radius 2 is 1.92 bits per heavy atom. The average molecular weight is 173 g/mol. The first kappa shape index (κ1) is 10.9. The minimum Gasteiger partial charge on any atom is -0.473 e. The lowest BCUT2D eigenvalue weighted by molar-refractivity contribution is -0.166. The summed E-state index contributed by atoms with van der Waals surface area (Å²) < 4.78 is 4.56. The molecular weight excluding hydrogens is 160 g/mol. The Morgan fingerprint density at radius 1 is 1.42 bits per heavy atom. The molecular formula is C8H13O4. The third-order valence-corrected chi connectivity index (χ3v) is 1.18. The molecule has 1 unspecified atom stereocenters. The van der Waals surface area contributed by atoms with Crippen molar-refractivity contribution >= 4 is 11.9 Å². The minimum atomic E-state index is -1.55. The molecule has 69 valence electrons. The van der Waals surface area contributed by atoms with E-state index in [0.717, 1.165) is 5.92 Å². The molecule has 0 heterocycles. The zero-order chi connectivity index (χ0) is 9.72. The van der Waals surface area contributed by atoms with Crippen LogP contribution in [0.2, 0.25) is 0 Å². The molecule has 1 atom stereocenters. The summed E-state index contributed by atoms with van der Waals surface area (Å²) in [7, 11) is 0. The number of ether oxygens (including phenoxy) is 1. The Bertz CT molecular complexity index is 174. The van der Waals surface area contributed by atoms with E-state index in [-0.39, 0.29) is 6.10 Å². The van der Waals surface area contributed by atoms with Crippen LogP contribution in [0.25, 0.3) is 0 Å². The lowest BCUT2D eigenvalue weighted by Crippen LogP contribution is -2.22. The van der Waals surface area contributed by atoms with Crippen LogP contribution in [-0.4, -0.2) is 23.1 Å². The summed E-state index contributed by atoms with van der Waals surface area (Å²) in [6, 6.07) is 0. The van der Waals surface area contributed by atoms with Crippen molar-refractivity contribution < 1.29 is 19.4 Å². The van der Waals surface area contributed by atoms with Gasteiger partial charge in [-0.15, -0.1) is 0 Å². The second-order valence-corrected chi connectivity index (χ2v) is 2.93. The highest BCUT2D eigenvalue weighted by atomic mass is 16.6. The summed E-state index contributed by atoms with van der Waals surface area (Å²) in [5.41, 5.74) is 0. The van der Waals surface area contributed by atoms with Gasteiger partial charge >= 0.3 is 11.9 Å². The molecule has 12 heavy (non-hydrogen) atoms. The molecule has 0 saturated heterocycles. The molecule has 0 amide bonds. The van der Waals surface area contributed by atoms with E-state index in [1.165, 1.54) is 0 Å². The largest absolute Gasteiger partial charge is 0.473 e. The number of hydrogen-bond donors (Lipinski definition) is 1. The molecule has 0 spiro atoms. The van der Waals surface area contributed by atoms with Gasteiger partial charge in [-0.2, -0.15) is 0 Å². The number of rotatable bonds is 3. The summed E-state index contributed by atoms with van der Waals surface area (Å²) in [6.45, 7) is 5.45. The number of carbonyl (C=O) groups excluding carboxylic acids is 1. The van der Waals surface area contributed by atoms with E-state index in [2.05, 4.69) is 4.74 Å². The van der Waals surface area contributed by atoms with Crippen LogP contribution < -0.4 is 0 Å². The zero-order valence-corrected chi connectivity index (χ0v) is 7.46. The summed E-state index contributed by atoms with van der Waals surface area (Å²) >= 11 is 0. The van der Waals surface area contributed by atoms with Gasteiger partial charge in [-0.1, -0.05) is 13.8 Å². The Morgan fingerprint density at radius 3 is 2.25 bits per heavy atom. The van der Waals surface area contributed by atoms with Gasteiger partial charge in [0.2, 0.25) is 0 Å². The van der Waals surface area contributed by atoms with E-state index in [1.807, 2.05) is 13.8 Å². The van der Waals surface area contributed by atoms with Gasteiger partial charge < -0.3 is 9.84 Å². The molecule has 0 rings (SSSR count). The van der Waals surface area contributed by atoms with E-state index in [1.54, 1.807) is 6.92 Å². The zero-order valence-electron chi connectivity index (χ0n) is 7.46. The van der Waals surface area contributed by atoms with E-state index in [0.29, 0.717) is 6.42 Å². The van der Waals surface area contributed by atoms with Gasteiger partial charge in [0.05, 0.1) is 0 Å². The first-order chi connectivity index (χ1) is 5.43. The fourth-order valence-corrected chi connectivity index (χ4v) is 0.850. The van der Waals surface area contributed by atoms with Crippen molar-refractivity contribution in [3.63, 3.8) is 0 Å². The highest BCUT2D eigenvalue weighted by Gasteiger charge is 2.17. The smallest absolute Gasteiger partial charge is 0.417 e. The van der Waals surface area contributed by atoms with Crippen LogP contribution in [0.3, 0.4) is 0 Å². The van der Waals surface area contributed by atoms with Crippen LogP contribution >= 0.6 is 0 Å². The van der Waals surface area contributed by atoms with E-state index < -0.39 is 11.9 Å². The predicted octanol–water partition coefficient (Wildman–Crippen LogP) is 1.01. The van der Waals surface area contributed by atoms with Gasteiger partial charge in [-0.3, -0.25) is 0 Å². The van der Waals surface area contributed by atoms with Gasteiger partial charge in [0, 0.05) is 0 Å². The molecule has 0 aliphatic heterocycles. The average Bonchev–Trinajstić information content (AvgIpc) is 1.84. The van der Waals surface area contributed by atoms with Gasteiger partial charge in [0.15, 0.2) is 0 Å². The van der Waals surface area contributed by atoms with Crippen LogP contribution in [-0.2, 0) is 14.3 Å². The van der Waals surface area contributed by atoms with Crippen molar-refractivity contribution in [3.05, 3.63) is 5.92 Å². The van der Waals surface area contributed by atoms with Crippen LogP contribution in [0.1, 0.15) is 27.2 Å². The first-order valence-electron chi connectivity index (χ1n) is 3.66. The normalized spacial score (nSPS) is 12.7. The van der Waals surface area contributed by atoms with Crippen molar-refractivity contribution in [1.29, 1.82) is 0 Å². The van der Waals surface area contributed by atoms with E-state index in [9.17, 15) is 9.59 Å². The second kappa shape index (κ2) is 4.74. The van der Waals surface area contributed by atoms with Gasteiger partial charge in [-0.05, 0) is 19.3 Å². The Kier molecular flexibility index (Phi) is 4.33. The van der Waals surface area contributed by atoms with Gasteiger partial charge in [0.1, 0.15) is 6.10 Å². The second-order valence-electron chi connectivity index (χ2n) is 2.93. The number of esters is 1. The number of carboxylic acids is 1. The maximum Gasteiger partial charge on any atom is 0.417 e. The Labute approximate surface area is 71.5 Å². The number of carboxylic acid groups (broad SMARTS) is 1. The highest BCUT2D eigenvalue weighted by molar-refractivity contribution is 6.28. The maximum absolute atomic E-state index is 10.5. The molecule has 0 aliphatic rings. The third kappa shape index (κ3) is 4.71. The molecule has 4 nitrogen and oxygen atoms in total. The summed E-state index contributed by atoms with van der Waals surface area (Å²) in [5, 5.41) is 8.18. The van der Waals surface area contributed by atoms with Crippen LogP contribution in [0.5, 0.6) is 0 Å². The van der Waals surface area contributed by atoms with Crippen molar-refractivity contribution in [2.45, 2.75) is 33.3 Å². The predicted molar refractivity (Wildman–Crippen MR) is 42.4 cm³/mol. The molecule has 0 aromatic carbocycles. The van der Waals surface area contributed by atoms with Crippen LogP contribution in [0.4, 0.5) is 0 Å². The van der Waals surface area contributed by atoms with Crippen molar-refractivity contribution in [2.75, 3.05) is 0 Å². The summed E-state index contributed by atoms with van der Waals surface area (Å²) in [4.78, 5) is 20.5. The van der Waals surface area contributed by atoms with Crippen molar-refractivity contribution in [2.24, 2.45) is 0 Å². The van der Waals surface area contributed by atoms with E-state index >= 15 is 0 Å². The molecule has 0 fully saturated rings. The maximum atomic E-state index is 10.5. The lowest BCUT2D eigenvalue weighted by atomic mass is 10.1. The van der Waals surface area contributed by atoms with Crippen LogP contribution in [0, 0.1) is 5.92 Å². The van der Waals surface area contributed by atoms with Crippen LogP contribution in [0.15, 0.2) is 0 Å². The molecule has 0 aromatic heterocycles. The van der Waals surface area contributed by atoms with Gasteiger partial charge in [-0.25, -0.2) is 9.59 Å². The number of hydrogen-bond acceptors (Lipinski definition) is 3. The fraction of sp³-hybridized carbons (Fsp3) is 0.625. The molecule has 4 heteroatoms. The number of carbonyl (C=O) groups is 2. The number of aliphatic carboxylic acids is 1. The van der Waals surface area contributed by atoms with Crippen molar-refractivity contribution in [3.8, 4) is 0 Å². The van der Waals surface area contributed by atoms with E-state index in [4.69, 9.17) is 5.11 Å².